The minimum Gasteiger partial charge on any atom is -0.368 e. The first-order valence-electron chi connectivity index (χ1n) is 6.13. The van der Waals surface area contributed by atoms with Gasteiger partial charge in [-0.15, -0.1) is 11.8 Å². The molecule has 0 bridgehead atoms. The molecule has 2 atom stereocenters. The van der Waals surface area contributed by atoms with Crippen LogP contribution in [0.1, 0.15) is 58.8 Å². The fraction of sp³-hybridized carbons (Fsp3) is 1.00. The molecule has 2 heteroatoms. The van der Waals surface area contributed by atoms with Gasteiger partial charge in [0, 0.05) is 11.9 Å². The number of unbranched alkanes of at least 4 members (excludes halogenated alkanes) is 2. The van der Waals surface area contributed by atoms with E-state index in [1.54, 1.807) is 0 Å². The summed E-state index contributed by atoms with van der Waals surface area (Å²) in [6.07, 6.45) is 9.24. The van der Waals surface area contributed by atoms with Crippen molar-refractivity contribution >= 4 is 11.8 Å². The lowest BCUT2D eigenvalue weighted by Crippen LogP contribution is -2.23. The van der Waals surface area contributed by atoms with Crippen LogP contribution in [-0.2, 0) is 4.74 Å². The van der Waals surface area contributed by atoms with Crippen LogP contribution in [0.5, 0.6) is 0 Å². The van der Waals surface area contributed by atoms with E-state index in [1.165, 1.54) is 44.9 Å². The van der Waals surface area contributed by atoms with E-state index in [1.807, 2.05) is 0 Å². The van der Waals surface area contributed by atoms with Crippen LogP contribution in [0.2, 0.25) is 0 Å². The maximum atomic E-state index is 5.76. The molecular formula is C12H24OS. The zero-order chi connectivity index (χ0) is 10.2. The second-order valence-electron chi connectivity index (χ2n) is 4.13. The number of hydrogen-bond donors (Lipinski definition) is 0. The molecule has 0 saturated carbocycles. The maximum absolute atomic E-state index is 5.76. The Labute approximate surface area is 93.0 Å². The van der Waals surface area contributed by atoms with Gasteiger partial charge >= 0.3 is 0 Å². The fourth-order valence-electron chi connectivity index (χ4n) is 1.90. The van der Waals surface area contributed by atoms with Crippen molar-refractivity contribution in [2.45, 2.75) is 69.5 Å². The molecule has 1 fully saturated rings. The SMILES string of the molecule is CCCCC[C@H]1OCC[C@@H](CCC)S1. The van der Waals surface area contributed by atoms with E-state index < -0.39 is 0 Å². The molecule has 1 aliphatic heterocycles. The predicted octanol–water partition coefficient (Wildman–Crippen LogP) is 4.22. The molecule has 1 saturated heterocycles. The lowest BCUT2D eigenvalue weighted by molar-refractivity contribution is 0.0918. The highest BCUT2D eigenvalue weighted by molar-refractivity contribution is 8.00. The van der Waals surface area contributed by atoms with Crippen molar-refractivity contribution in [3.05, 3.63) is 0 Å². The normalized spacial score (nSPS) is 27.9. The van der Waals surface area contributed by atoms with Crippen LogP contribution in [0.15, 0.2) is 0 Å². The first-order valence-corrected chi connectivity index (χ1v) is 7.08. The monoisotopic (exact) mass is 216 g/mol. The molecule has 14 heavy (non-hydrogen) atoms. The van der Waals surface area contributed by atoms with Crippen LogP contribution >= 0.6 is 11.8 Å². The quantitative estimate of drug-likeness (QED) is 0.615. The molecule has 1 rings (SSSR count). The van der Waals surface area contributed by atoms with Crippen LogP contribution in [0.3, 0.4) is 0 Å². The lowest BCUT2D eigenvalue weighted by Gasteiger charge is -2.29. The molecule has 0 aromatic heterocycles. The van der Waals surface area contributed by atoms with Crippen molar-refractivity contribution in [3.8, 4) is 0 Å². The van der Waals surface area contributed by atoms with Gasteiger partial charge in [-0.3, -0.25) is 0 Å². The summed E-state index contributed by atoms with van der Waals surface area (Å²) in [5.41, 5.74) is 0.506. The zero-order valence-electron chi connectivity index (χ0n) is 9.63. The number of rotatable bonds is 6. The number of hydrogen-bond acceptors (Lipinski definition) is 2. The molecule has 1 aliphatic rings. The van der Waals surface area contributed by atoms with Gasteiger partial charge in [0.2, 0.25) is 0 Å². The van der Waals surface area contributed by atoms with E-state index >= 15 is 0 Å². The minimum atomic E-state index is 0.506. The predicted molar refractivity (Wildman–Crippen MR) is 64.8 cm³/mol. The maximum Gasteiger partial charge on any atom is 0.103 e. The molecule has 0 N–H and O–H groups in total. The van der Waals surface area contributed by atoms with Crippen molar-refractivity contribution in [2.24, 2.45) is 0 Å². The number of ether oxygens (including phenoxy) is 1. The summed E-state index contributed by atoms with van der Waals surface area (Å²) in [7, 11) is 0. The fourth-order valence-corrected chi connectivity index (χ4v) is 3.41. The van der Waals surface area contributed by atoms with Gasteiger partial charge in [0.25, 0.3) is 0 Å². The van der Waals surface area contributed by atoms with Crippen LogP contribution in [0.4, 0.5) is 0 Å². The summed E-state index contributed by atoms with van der Waals surface area (Å²) in [5.74, 6) is 0. The second kappa shape index (κ2) is 7.58. The van der Waals surface area contributed by atoms with Crippen molar-refractivity contribution < 1.29 is 4.74 Å². The molecule has 0 aliphatic carbocycles. The molecule has 1 heterocycles. The molecule has 0 unspecified atom stereocenters. The average molecular weight is 216 g/mol. The van der Waals surface area contributed by atoms with Gasteiger partial charge < -0.3 is 4.74 Å². The van der Waals surface area contributed by atoms with Gasteiger partial charge in [-0.25, -0.2) is 0 Å². The van der Waals surface area contributed by atoms with Crippen LogP contribution < -0.4 is 0 Å². The Bertz CT molecular complexity index is 136. The summed E-state index contributed by atoms with van der Waals surface area (Å²) in [5, 5.41) is 0.875. The zero-order valence-corrected chi connectivity index (χ0v) is 10.4. The van der Waals surface area contributed by atoms with Gasteiger partial charge in [0.15, 0.2) is 0 Å². The molecule has 1 nitrogen and oxygen atoms in total. The largest absolute Gasteiger partial charge is 0.368 e. The minimum absolute atomic E-state index is 0.506. The van der Waals surface area contributed by atoms with Crippen molar-refractivity contribution in [2.75, 3.05) is 6.61 Å². The first-order chi connectivity index (χ1) is 6.86. The average Bonchev–Trinajstić information content (AvgIpc) is 2.19. The lowest BCUT2D eigenvalue weighted by atomic mass is 10.2. The molecule has 0 radical (unpaired) electrons. The smallest absolute Gasteiger partial charge is 0.103 e. The van der Waals surface area contributed by atoms with Gasteiger partial charge in [-0.1, -0.05) is 39.5 Å². The first kappa shape index (κ1) is 12.4. The third-order valence-corrected chi connectivity index (χ3v) is 4.27. The Morgan fingerprint density at radius 3 is 2.71 bits per heavy atom. The molecule has 0 spiro atoms. The van der Waals surface area contributed by atoms with E-state index in [4.69, 9.17) is 4.74 Å². The van der Waals surface area contributed by atoms with Crippen LogP contribution in [0.25, 0.3) is 0 Å². The van der Waals surface area contributed by atoms with Gasteiger partial charge in [0.05, 0.1) is 0 Å². The Morgan fingerprint density at radius 1 is 1.14 bits per heavy atom. The van der Waals surface area contributed by atoms with Crippen LogP contribution in [0, 0.1) is 0 Å². The summed E-state index contributed by atoms with van der Waals surface area (Å²) in [6.45, 7) is 5.53. The highest BCUT2D eigenvalue weighted by atomic mass is 32.2. The van der Waals surface area contributed by atoms with E-state index in [2.05, 4.69) is 25.6 Å². The molecule has 84 valence electrons. The number of thioether (sulfide) groups is 1. The van der Waals surface area contributed by atoms with Crippen molar-refractivity contribution in [3.63, 3.8) is 0 Å². The third-order valence-electron chi connectivity index (χ3n) is 2.74. The van der Waals surface area contributed by atoms with E-state index in [0.29, 0.717) is 5.44 Å². The van der Waals surface area contributed by atoms with Crippen molar-refractivity contribution in [1.82, 2.24) is 0 Å². The topological polar surface area (TPSA) is 9.23 Å². The van der Waals surface area contributed by atoms with E-state index in [9.17, 15) is 0 Å². The highest BCUT2D eigenvalue weighted by Crippen LogP contribution is 2.32. The Morgan fingerprint density at radius 2 is 2.00 bits per heavy atom. The summed E-state index contributed by atoms with van der Waals surface area (Å²) < 4.78 is 5.76. The summed E-state index contributed by atoms with van der Waals surface area (Å²) in [6, 6.07) is 0. The Kier molecular flexibility index (Phi) is 6.70. The molecule has 0 amide bonds. The highest BCUT2D eigenvalue weighted by Gasteiger charge is 2.21. The summed E-state index contributed by atoms with van der Waals surface area (Å²) >= 11 is 2.08. The molecular weight excluding hydrogens is 192 g/mol. The van der Waals surface area contributed by atoms with Crippen molar-refractivity contribution in [1.29, 1.82) is 0 Å². The van der Waals surface area contributed by atoms with Crippen LogP contribution in [-0.4, -0.2) is 17.3 Å². The van der Waals surface area contributed by atoms with E-state index in [0.717, 1.165) is 11.9 Å². The third kappa shape index (κ3) is 4.70. The molecule has 0 aromatic carbocycles. The van der Waals surface area contributed by atoms with Gasteiger partial charge in [-0.05, 0) is 19.3 Å². The molecule has 0 aromatic rings. The van der Waals surface area contributed by atoms with Gasteiger partial charge in [0.1, 0.15) is 5.44 Å². The Hall–Kier alpha value is 0.310. The standard InChI is InChI=1S/C12H24OS/c1-3-5-6-8-12-13-10-9-11(14-12)7-4-2/h11-12H,3-10H2,1-2H3/t11-,12+/m1/s1. The second-order valence-corrected chi connectivity index (χ2v) is 5.60. The summed E-state index contributed by atoms with van der Waals surface area (Å²) in [4.78, 5) is 0. The van der Waals surface area contributed by atoms with Gasteiger partial charge in [-0.2, -0.15) is 0 Å². The Balaban J connectivity index is 2.12. The van der Waals surface area contributed by atoms with E-state index in [-0.39, 0.29) is 0 Å².